The van der Waals surface area contributed by atoms with Crippen LogP contribution < -0.4 is 5.73 Å². The van der Waals surface area contributed by atoms with E-state index in [9.17, 15) is 0 Å². The third-order valence-electron chi connectivity index (χ3n) is 3.24. The molecular weight excluding hydrogens is 298 g/mol. The van der Waals surface area contributed by atoms with Gasteiger partial charge in [-0.3, -0.25) is 0 Å². The summed E-state index contributed by atoms with van der Waals surface area (Å²) in [6, 6.07) is 13.9. The van der Waals surface area contributed by atoms with Gasteiger partial charge in [0.05, 0.1) is 21.0 Å². The molecule has 5 heteroatoms. The molecule has 0 amide bonds. The summed E-state index contributed by atoms with van der Waals surface area (Å²) in [5, 5.41) is 4.10. The summed E-state index contributed by atoms with van der Waals surface area (Å²) in [6.45, 7) is 0. The monoisotopic (exact) mass is 309 g/mol. The summed E-state index contributed by atoms with van der Waals surface area (Å²) < 4.78 is 0. The van der Waals surface area contributed by atoms with Crippen molar-refractivity contribution in [3.63, 3.8) is 0 Å². The smallest absolute Gasteiger partial charge is 0.112 e. The van der Waals surface area contributed by atoms with E-state index in [0.717, 1.165) is 32.2 Å². The van der Waals surface area contributed by atoms with Crippen molar-refractivity contribution in [2.45, 2.75) is 0 Å². The van der Waals surface area contributed by atoms with Crippen LogP contribution in [0.2, 0.25) is 0 Å². The van der Waals surface area contributed by atoms with Gasteiger partial charge >= 0.3 is 0 Å². The molecular formula is C16H11N3S2. The summed E-state index contributed by atoms with van der Waals surface area (Å²) >= 11 is 3.33. The maximum atomic E-state index is 6.05. The highest BCUT2D eigenvalue weighted by molar-refractivity contribution is 7.14. The third kappa shape index (κ3) is 2.11. The molecule has 0 aliphatic rings. The molecule has 21 heavy (non-hydrogen) atoms. The SMILES string of the molecule is Nc1cccc2nc(-c3cccs3)c(-c3cccs3)nc12. The van der Waals surface area contributed by atoms with Crippen LogP contribution in [-0.4, -0.2) is 9.97 Å². The topological polar surface area (TPSA) is 51.8 Å². The Morgan fingerprint density at radius 2 is 1.43 bits per heavy atom. The summed E-state index contributed by atoms with van der Waals surface area (Å²) in [6.07, 6.45) is 0. The van der Waals surface area contributed by atoms with E-state index in [-0.39, 0.29) is 0 Å². The van der Waals surface area contributed by atoms with Gasteiger partial charge < -0.3 is 5.73 Å². The molecule has 0 fully saturated rings. The van der Waals surface area contributed by atoms with Crippen LogP contribution in [0.25, 0.3) is 32.2 Å². The van der Waals surface area contributed by atoms with Gasteiger partial charge in [0.25, 0.3) is 0 Å². The van der Waals surface area contributed by atoms with Crippen molar-refractivity contribution in [2.24, 2.45) is 0 Å². The number of nitrogens with zero attached hydrogens (tertiary/aromatic N) is 2. The van der Waals surface area contributed by atoms with Gasteiger partial charge in [-0.05, 0) is 35.0 Å². The number of thiophene rings is 2. The maximum Gasteiger partial charge on any atom is 0.112 e. The number of rotatable bonds is 2. The van der Waals surface area contributed by atoms with E-state index < -0.39 is 0 Å². The maximum absolute atomic E-state index is 6.05. The van der Waals surface area contributed by atoms with Crippen molar-refractivity contribution >= 4 is 39.4 Å². The highest BCUT2D eigenvalue weighted by Gasteiger charge is 2.15. The molecule has 3 nitrogen and oxygen atoms in total. The summed E-state index contributed by atoms with van der Waals surface area (Å²) in [7, 11) is 0. The van der Waals surface area contributed by atoms with Gasteiger partial charge in [-0.2, -0.15) is 0 Å². The Labute approximate surface area is 129 Å². The largest absolute Gasteiger partial charge is 0.397 e. The van der Waals surface area contributed by atoms with Crippen molar-refractivity contribution in [3.8, 4) is 21.1 Å². The molecule has 2 N–H and O–H groups in total. The van der Waals surface area contributed by atoms with Gasteiger partial charge in [0.1, 0.15) is 16.9 Å². The first kappa shape index (κ1) is 12.5. The molecule has 0 bridgehead atoms. The predicted molar refractivity (Wildman–Crippen MR) is 90.6 cm³/mol. The number of para-hydroxylation sites is 1. The van der Waals surface area contributed by atoms with E-state index in [2.05, 4.69) is 17.5 Å². The van der Waals surface area contributed by atoms with Gasteiger partial charge in [-0.1, -0.05) is 18.2 Å². The lowest BCUT2D eigenvalue weighted by Crippen LogP contribution is -1.96. The van der Waals surface area contributed by atoms with Crippen molar-refractivity contribution in [2.75, 3.05) is 5.73 Å². The Morgan fingerprint density at radius 1 is 0.762 bits per heavy atom. The molecule has 4 rings (SSSR count). The average molecular weight is 309 g/mol. The van der Waals surface area contributed by atoms with Crippen LogP contribution in [0.4, 0.5) is 5.69 Å². The second-order valence-corrected chi connectivity index (χ2v) is 6.49. The standard InChI is InChI=1S/C16H11N3S2/c17-10-4-1-5-11-14(10)19-16(13-7-3-9-21-13)15(18-11)12-6-2-8-20-12/h1-9H,17H2. The Kier molecular flexibility index (Phi) is 2.94. The van der Waals surface area contributed by atoms with Gasteiger partial charge in [0.2, 0.25) is 0 Å². The highest BCUT2D eigenvalue weighted by atomic mass is 32.1. The lowest BCUT2D eigenvalue weighted by molar-refractivity contribution is 1.31. The number of benzene rings is 1. The minimum Gasteiger partial charge on any atom is -0.397 e. The van der Waals surface area contributed by atoms with E-state index in [1.54, 1.807) is 22.7 Å². The number of nitrogens with two attached hydrogens (primary N) is 1. The zero-order valence-corrected chi connectivity index (χ0v) is 12.6. The zero-order valence-electron chi connectivity index (χ0n) is 11.0. The molecule has 4 aromatic rings. The van der Waals surface area contributed by atoms with E-state index in [1.165, 1.54) is 0 Å². The molecule has 0 saturated heterocycles. The Morgan fingerprint density at radius 3 is 2.05 bits per heavy atom. The van der Waals surface area contributed by atoms with Gasteiger partial charge in [0.15, 0.2) is 0 Å². The van der Waals surface area contributed by atoms with Crippen LogP contribution in [0.1, 0.15) is 0 Å². The molecule has 102 valence electrons. The molecule has 3 aromatic heterocycles. The Balaban J connectivity index is 2.08. The summed E-state index contributed by atoms with van der Waals surface area (Å²) in [5.74, 6) is 0. The number of hydrogen-bond donors (Lipinski definition) is 1. The Hall–Kier alpha value is -2.24. The fraction of sp³-hybridized carbons (Fsp3) is 0. The molecule has 0 atom stereocenters. The second-order valence-electron chi connectivity index (χ2n) is 4.59. The van der Waals surface area contributed by atoms with Crippen molar-refractivity contribution in [1.29, 1.82) is 0 Å². The predicted octanol–water partition coefficient (Wildman–Crippen LogP) is 4.67. The van der Waals surface area contributed by atoms with E-state index in [4.69, 9.17) is 15.7 Å². The quantitative estimate of drug-likeness (QED) is 0.547. The van der Waals surface area contributed by atoms with Crippen molar-refractivity contribution in [3.05, 3.63) is 53.2 Å². The fourth-order valence-corrected chi connectivity index (χ4v) is 3.70. The Bertz CT molecular complexity index is 897. The van der Waals surface area contributed by atoms with E-state index in [0.29, 0.717) is 5.69 Å². The van der Waals surface area contributed by atoms with Gasteiger partial charge in [-0.15, -0.1) is 22.7 Å². The number of anilines is 1. The van der Waals surface area contributed by atoms with Gasteiger partial charge in [0, 0.05) is 0 Å². The van der Waals surface area contributed by atoms with Crippen LogP contribution in [-0.2, 0) is 0 Å². The molecule has 0 aliphatic carbocycles. The lowest BCUT2D eigenvalue weighted by atomic mass is 10.2. The molecule has 0 saturated carbocycles. The van der Waals surface area contributed by atoms with E-state index in [1.807, 2.05) is 35.7 Å². The molecule has 0 radical (unpaired) electrons. The van der Waals surface area contributed by atoms with Crippen LogP contribution in [0.3, 0.4) is 0 Å². The summed E-state index contributed by atoms with van der Waals surface area (Å²) in [4.78, 5) is 11.8. The minimum absolute atomic E-state index is 0.663. The molecule has 0 unspecified atom stereocenters. The lowest BCUT2D eigenvalue weighted by Gasteiger charge is -2.08. The van der Waals surface area contributed by atoms with Crippen LogP contribution >= 0.6 is 22.7 Å². The van der Waals surface area contributed by atoms with Crippen LogP contribution in [0.15, 0.2) is 53.2 Å². The molecule has 1 aromatic carbocycles. The first-order valence-corrected chi connectivity index (χ1v) is 8.23. The van der Waals surface area contributed by atoms with Gasteiger partial charge in [-0.25, -0.2) is 9.97 Å². The zero-order chi connectivity index (χ0) is 14.2. The number of aromatic nitrogens is 2. The second kappa shape index (κ2) is 4.95. The number of fused-ring (bicyclic) bond motifs is 1. The highest BCUT2D eigenvalue weighted by Crippen LogP contribution is 2.36. The first-order valence-electron chi connectivity index (χ1n) is 6.47. The average Bonchev–Trinajstić information content (AvgIpc) is 3.20. The van der Waals surface area contributed by atoms with Crippen molar-refractivity contribution in [1.82, 2.24) is 9.97 Å². The summed E-state index contributed by atoms with van der Waals surface area (Å²) in [5.41, 5.74) is 10.1. The minimum atomic E-state index is 0.663. The number of nitrogen functional groups attached to an aromatic ring is 1. The first-order chi connectivity index (χ1) is 10.3. The number of hydrogen-bond acceptors (Lipinski definition) is 5. The fourth-order valence-electron chi connectivity index (χ4n) is 2.27. The normalized spacial score (nSPS) is 11.0. The van der Waals surface area contributed by atoms with Crippen LogP contribution in [0.5, 0.6) is 0 Å². The molecule has 0 spiro atoms. The molecule has 0 aliphatic heterocycles. The van der Waals surface area contributed by atoms with E-state index >= 15 is 0 Å². The van der Waals surface area contributed by atoms with Crippen molar-refractivity contribution < 1.29 is 0 Å². The third-order valence-corrected chi connectivity index (χ3v) is 4.99. The van der Waals surface area contributed by atoms with Crippen LogP contribution in [0, 0.1) is 0 Å². The molecule has 3 heterocycles.